The van der Waals surface area contributed by atoms with E-state index in [1.165, 1.54) is 0 Å². The summed E-state index contributed by atoms with van der Waals surface area (Å²) in [7, 11) is 0. The lowest BCUT2D eigenvalue weighted by Gasteiger charge is -2.36. The first kappa shape index (κ1) is 7.10. The van der Waals surface area contributed by atoms with Crippen LogP contribution in [0.5, 0.6) is 0 Å². The van der Waals surface area contributed by atoms with Gasteiger partial charge < -0.3 is 10.6 Å². The fourth-order valence-corrected chi connectivity index (χ4v) is 2.01. The van der Waals surface area contributed by atoms with Gasteiger partial charge >= 0.3 is 0 Å². The maximum atomic E-state index is 11.0. The molecule has 0 bridgehead atoms. The van der Waals surface area contributed by atoms with Gasteiger partial charge in [-0.05, 0) is 31.8 Å². The maximum absolute atomic E-state index is 11.0. The summed E-state index contributed by atoms with van der Waals surface area (Å²) >= 11 is 0. The first-order chi connectivity index (χ1) is 5.36. The van der Waals surface area contributed by atoms with Crippen molar-refractivity contribution in [3.8, 4) is 0 Å². The summed E-state index contributed by atoms with van der Waals surface area (Å²) < 4.78 is 0. The minimum absolute atomic E-state index is 0.244. The molecule has 3 nitrogen and oxygen atoms in total. The van der Waals surface area contributed by atoms with Gasteiger partial charge in [-0.2, -0.15) is 0 Å². The fraction of sp³-hybridized carbons (Fsp3) is 0.875. The van der Waals surface area contributed by atoms with Crippen molar-refractivity contribution in [3.05, 3.63) is 0 Å². The summed E-state index contributed by atoms with van der Waals surface area (Å²) in [5.41, 5.74) is 0. The molecular weight excluding hydrogens is 140 g/mol. The number of nitrogens with one attached hydrogen (secondary N) is 2. The summed E-state index contributed by atoms with van der Waals surface area (Å²) in [5, 5.41) is 6.39. The van der Waals surface area contributed by atoms with E-state index in [-0.39, 0.29) is 5.91 Å². The molecule has 0 saturated carbocycles. The molecule has 0 radical (unpaired) electrons. The second-order valence-corrected chi connectivity index (χ2v) is 3.47. The SMILES string of the molecule is O=C1CC[C@H]2CNCC[C@@H]2N1. The van der Waals surface area contributed by atoms with E-state index in [1.54, 1.807) is 0 Å². The molecule has 0 aliphatic carbocycles. The highest BCUT2D eigenvalue weighted by molar-refractivity contribution is 5.77. The lowest BCUT2D eigenvalue weighted by atomic mass is 9.86. The molecule has 0 spiro atoms. The van der Waals surface area contributed by atoms with E-state index in [0.717, 1.165) is 32.4 Å². The Kier molecular flexibility index (Phi) is 1.82. The molecule has 0 aromatic heterocycles. The first-order valence-corrected chi connectivity index (χ1v) is 4.36. The van der Waals surface area contributed by atoms with Crippen LogP contribution in [0.2, 0.25) is 0 Å². The average Bonchev–Trinajstić information content (AvgIpc) is 2.04. The Labute approximate surface area is 66.5 Å². The Bertz CT molecular complexity index is 169. The van der Waals surface area contributed by atoms with Gasteiger partial charge in [0.2, 0.25) is 5.91 Å². The lowest BCUT2D eigenvalue weighted by Crippen LogP contribution is -2.52. The molecule has 0 unspecified atom stereocenters. The Balaban J connectivity index is 1.98. The second-order valence-electron chi connectivity index (χ2n) is 3.47. The van der Waals surface area contributed by atoms with Crippen LogP contribution in [0, 0.1) is 5.92 Å². The third-order valence-electron chi connectivity index (χ3n) is 2.70. The number of rotatable bonds is 0. The van der Waals surface area contributed by atoms with Crippen LogP contribution in [0.25, 0.3) is 0 Å². The number of fused-ring (bicyclic) bond motifs is 1. The van der Waals surface area contributed by atoms with Crippen LogP contribution >= 0.6 is 0 Å². The Morgan fingerprint density at radius 2 is 2.27 bits per heavy atom. The van der Waals surface area contributed by atoms with Crippen LogP contribution in [0.4, 0.5) is 0 Å². The van der Waals surface area contributed by atoms with Crippen LogP contribution in [0.1, 0.15) is 19.3 Å². The van der Waals surface area contributed by atoms with Crippen molar-refractivity contribution in [1.29, 1.82) is 0 Å². The van der Waals surface area contributed by atoms with Crippen molar-refractivity contribution in [2.24, 2.45) is 5.92 Å². The normalized spacial score (nSPS) is 37.6. The molecule has 0 aromatic carbocycles. The van der Waals surface area contributed by atoms with E-state index in [0.29, 0.717) is 12.0 Å². The summed E-state index contributed by atoms with van der Waals surface area (Å²) in [4.78, 5) is 11.0. The molecule has 2 aliphatic heterocycles. The predicted octanol–water partition coefficient (Wildman–Crippen LogP) is -0.126. The van der Waals surface area contributed by atoms with Crippen molar-refractivity contribution >= 4 is 5.91 Å². The minimum atomic E-state index is 0.244. The van der Waals surface area contributed by atoms with Crippen LogP contribution < -0.4 is 10.6 Å². The lowest BCUT2D eigenvalue weighted by molar-refractivity contribution is -0.124. The molecule has 62 valence electrons. The molecule has 3 heteroatoms. The number of piperidine rings is 2. The molecule has 2 N–H and O–H groups in total. The quantitative estimate of drug-likeness (QED) is 0.510. The molecule has 2 atom stereocenters. The molecule has 2 aliphatic rings. The third kappa shape index (κ3) is 1.38. The van der Waals surface area contributed by atoms with Crippen molar-refractivity contribution in [2.45, 2.75) is 25.3 Å². The van der Waals surface area contributed by atoms with Gasteiger partial charge in [-0.3, -0.25) is 4.79 Å². The zero-order valence-corrected chi connectivity index (χ0v) is 6.60. The van der Waals surface area contributed by atoms with E-state index in [9.17, 15) is 4.79 Å². The molecule has 2 saturated heterocycles. The molecular formula is C8H14N2O. The highest BCUT2D eigenvalue weighted by Gasteiger charge is 2.30. The van der Waals surface area contributed by atoms with Gasteiger partial charge in [0.05, 0.1) is 0 Å². The number of carbonyl (C=O) groups is 1. The summed E-state index contributed by atoms with van der Waals surface area (Å²) in [6, 6.07) is 0.470. The van der Waals surface area contributed by atoms with Gasteiger partial charge in [0.25, 0.3) is 0 Å². The number of hydrogen-bond donors (Lipinski definition) is 2. The van der Waals surface area contributed by atoms with Crippen molar-refractivity contribution in [3.63, 3.8) is 0 Å². The molecule has 0 aromatic rings. The zero-order valence-electron chi connectivity index (χ0n) is 6.60. The van der Waals surface area contributed by atoms with Gasteiger partial charge in [-0.25, -0.2) is 0 Å². The maximum Gasteiger partial charge on any atom is 0.220 e. The van der Waals surface area contributed by atoms with Crippen molar-refractivity contribution in [1.82, 2.24) is 10.6 Å². The Morgan fingerprint density at radius 3 is 3.18 bits per heavy atom. The number of amides is 1. The van der Waals surface area contributed by atoms with E-state index < -0.39 is 0 Å². The van der Waals surface area contributed by atoms with Gasteiger partial charge in [0.15, 0.2) is 0 Å². The standard InChI is InChI=1S/C8H14N2O/c11-8-2-1-6-5-9-4-3-7(6)10-8/h6-7,9H,1-5H2,(H,10,11)/t6-,7-/m0/s1. The smallest absolute Gasteiger partial charge is 0.220 e. The molecule has 2 fully saturated rings. The minimum Gasteiger partial charge on any atom is -0.353 e. The van der Waals surface area contributed by atoms with Crippen molar-refractivity contribution in [2.75, 3.05) is 13.1 Å². The van der Waals surface area contributed by atoms with Gasteiger partial charge in [0, 0.05) is 12.5 Å². The van der Waals surface area contributed by atoms with Gasteiger partial charge in [-0.15, -0.1) is 0 Å². The summed E-state index contributed by atoms with van der Waals surface area (Å²) in [6.07, 6.45) is 2.91. The summed E-state index contributed by atoms with van der Waals surface area (Å²) in [6.45, 7) is 2.15. The zero-order chi connectivity index (χ0) is 7.68. The van der Waals surface area contributed by atoms with Crippen LogP contribution in [0.15, 0.2) is 0 Å². The van der Waals surface area contributed by atoms with Crippen LogP contribution in [-0.2, 0) is 4.79 Å². The Hall–Kier alpha value is -0.570. The van der Waals surface area contributed by atoms with Crippen molar-refractivity contribution < 1.29 is 4.79 Å². The molecule has 2 rings (SSSR count). The van der Waals surface area contributed by atoms with Crippen LogP contribution in [0.3, 0.4) is 0 Å². The molecule has 1 amide bonds. The third-order valence-corrected chi connectivity index (χ3v) is 2.70. The molecule has 2 heterocycles. The highest BCUT2D eigenvalue weighted by atomic mass is 16.1. The van der Waals surface area contributed by atoms with Crippen LogP contribution in [-0.4, -0.2) is 25.0 Å². The molecule has 11 heavy (non-hydrogen) atoms. The Morgan fingerprint density at radius 1 is 1.36 bits per heavy atom. The predicted molar refractivity (Wildman–Crippen MR) is 42.1 cm³/mol. The topological polar surface area (TPSA) is 41.1 Å². The van der Waals surface area contributed by atoms with E-state index >= 15 is 0 Å². The van der Waals surface area contributed by atoms with Gasteiger partial charge in [-0.1, -0.05) is 0 Å². The largest absolute Gasteiger partial charge is 0.353 e. The van der Waals surface area contributed by atoms with E-state index in [2.05, 4.69) is 10.6 Å². The number of carbonyl (C=O) groups excluding carboxylic acids is 1. The monoisotopic (exact) mass is 154 g/mol. The average molecular weight is 154 g/mol. The second kappa shape index (κ2) is 2.81. The fourth-order valence-electron chi connectivity index (χ4n) is 2.01. The highest BCUT2D eigenvalue weighted by Crippen LogP contribution is 2.20. The van der Waals surface area contributed by atoms with Gasteiger partial charge in [0.1, 0.15) is 0 Å². The first-order valence-electron chi connectivity index (χ1n) is 4.36. The number of hydrogen-bond acceptors (Lipinski definition) is 2. The van der Waals surface area contributed by atoms with E-state index in [1.807, 2.05) is 0 Å². The van der Waals surface area contributed by atoms with E-state index in [4.69, 9.17) is 0 Å². The summed E-state index contributed by atoms with van der Waals surface area (Å²) in [5.74, 6) is 0.939.